The number of anilines is 1. The van der Waals surface area contributed by atoms with Gasteiger partial charge in [0.25, 0.3) is 5.91 Å². The van der Waals surface area contributed by atoms with E-state index >= 15 is 0 Å². The van der Waals surface area contributed by atoms with Gasteiger partial charge < -0.3 is 15.2 Å². The molecule has 35 heavy (non-hydrogen) atoms. The Morgan fingerprint density at radius 2 is 1.74 bits per heavy atom. The summed E-state index contributed by atoms with van der Waals surface area (Å²) in [6.07, 6.45) is 1.76. The molecule has 1 atom stereocenters. The number of aromatic nitrogens is 3. The molecule has 0 aliphatic carbocycles. The molecule has 1 aromatic heterocycles. The molecule has 0 aliphatic heterocycles. The van der Waals surface area contributed by atoms with Gasteiger partial charge in [0, 0.05) is 17.8 Å². The Morgan fingerprint density at radius 1 is 1.06 bits per heavy atom. The van der Waals surface area contributed by atoms with Gasteiger partial charge in [-0.05, 0) is 56.0 Å². The number of allylic oxidation sites excluding steroid dienone is 1. The van der Waals surface area contributed by atoms with Crippen molar-refractivity contribution in [1.29, 1.82) is 0 Å². The fourth-order valence-corrected chi connectivity index (χ4v) is 4.34. The molecule has 0 spiro atoms. The predicted molar refractivity (Wildman–Crippen MR) is 142 cm³/mol. The van der Waals surface area contributed by atoms with Crippen molar-refractivity contribution in [3.8, 4) is 0 Å². The van der Waals surface area contributed by atoms with Gasteiger partial charge in [-0.15, -0.1) is 16.8 Å². The third-order valence-electron chi connectivity index (χ3n) is 5.60. The van der Waals surface area contributed by atoms with Gasteiger partial charge in [-0.2, -0.15) is 0 Å². The number of hydrogen-bond acceptors (Lipinski definition) is 5. The van der Waals surface area contributed by atoms with Gasteiger partial charge in [-0.1, -0.05) is 61.5 Å². The number of amides is 2. The van der Waals surface area contributed by atoms with Crippen molar-refractivity contribution in [3.05, 3.63) is 83.2 Å². The van der Waals surface area contributed by atoms with Crippen LogP contribution in [0.2, 0.25) is 0 Å². The quantitative estimate of drug-likeness (QED) is 0.299. The molecule has 0 bridgehead atoms. The zero-order valence-corrected chi connectivity index (χ0v) is 21.8. The lowest BCUT2D eigenvalue weighted by Gasteiger charge is -2.22. The molecule has 3 rings (SSSR count). The normalized spacial score (nSPS) is 11.8. The summed E-state index contributed by atoms with van der Waals surface area (Å²) in [5.74, 6) is 0.607. The van der Waals surface area contributed by atoms with Crippen molar-refractivity contribution >= 4 is 29.3 Å². The van der Waals surface area contributed by atoms with Gasteiger partial charge in [0.1, 0.15) is 0 Å². The van der Waals surface area contributed by atoms with Crippen LogP contribution in [0.5, 0.6) is 0 Å². The lowest BCUT2D eigenvalue weighted by molar-refractivity contribution is -0.113. The summed E-state index contributed by atoms with van der Waals surface area (Å²) in [7, 11) is 0. The van der Waals surface area contributed by atoms with E-state index in [2.05, 4.69) is 27.4 Å². The Morgan fingerprint density at radius 3 is 2.40 bits per heavy atom. The highest BCUT2D eigenvalue weighted by molar-refractivity contribution is 7.99. The summed E-state index contributed by atoms with van der Waals surface area (Å²) in [4.78, 5) is 25.5. The van der Waals surface area contributed by atoms with E-state index in [1.165, 1.54) is 11.8 Å². The molecule has 1 heterocycles. The zero-order valence-electron chi connectivity index (χ0n) is 21.0. The maximum atomic E-state index is 12.9. The largest absolute Gasteiger partial charge is 0.342 e. The third-order valence-corrected chi connectivity index (χ3v) is 6.57. The van der Waals surface area contributed by atoms with Crippen LogP contribution in [0.15, 0.2) is 60.3 Å². The highest BCUT2D eigenvalue weighted by Crippen LogP contribution is 2.26. The monoisotopic (exact) mass is 491 g/mol. The number of benzene rings is 2. The van der Waals surface area contributed by atoms with E-state index in [-0.39, 0.29) is 29.5 Å². The molecule has 0 saturated carbocycles. The van der Waals surface area contributed by atoms with Crippen LogP contribution in [0.25, 0.3) is 0 Å². The molecule has 184 valence electrons. The summed E-state index contributed by atoms with van der Waals surface area (Å²) in [6, 6.07) is 13.1. The number of hydrogen-bond donors (Lipinski definition) is 2. The Labute approximate surface area is 211 Å². The number of rotatable bonds is 10. The van der Waals surface area contributed by atoms with Crippen LogP contribution in [0.4, 0.5) is 5.69 Å². The molecule has 3 aromatic rings. The van der Waals surface area contributed by atoms with Gasteiger partial charge in [0.15, 0.2) is 11.0 Å². The minimum Gasteiger partial charge on any atom is -0.342 e. The Kier molecular flexibility index (Phi) is 8.87. The SMILES string of the molecule is C=CCn1c(SCC(=O)Nc2cc(C)ccc2C)nnc1[C@H](NC(=O)c1ccc(C)cc1)C(C)C. The van der Waals surface area contributed by atoms with Crippen molar-refractivity contribution in [1.82, 2.24) is 20.1 Å². The molecular formula is C27H33N5O2S. The zero-order chi connectivity index (χ0) is 25.5. The second kappa shape index (κ2) is 11.8. The number of carbonyl (C=O) groups is 2. The van der Waals surface area contributed by atoms with Crippen LogP contribution in [0, 0.1) is 26.7 Å². The molecule has 7 nitrogen and oxygen atoms in total. The first-order chi connectivity index (χ1) is 16.7. The van der Waals surface area contributed by atoms with E-state index in [1.807, 2.05) is 81.7 Å². The molecule has 0 fully saturated rings. The standard InChI is InChI=1S/C27H33N5O2S/c1-7-14-32-25(24(17(2)3)29-26(34)21-12-9-18(4)10-13-21)30-31-27(32)35-16-23(33)28-22-15-19(5)8-11-20(22)6/h7-13,15,17,24H,1,14,16H2,2-6H3,(H,28,33)(H,29,34)/t24-/m1/s1. The molecular weight excluding hydrogens is 458 g/mol. The van der Waals surface area contributed by atoms with Crippen LogP contribution in [-0.4, -0.2) is 32.3 Å². The lowest BCUT2D eigenvalue weighted by Crippen LogP contribution is -2.33. The predicted octanol–water partition coefficient (Wildman–Crippen LogP) is 5.25. The van der Waals surface area contributed by atoms with Crippen LogP contribution >= 0.6 is 11.8 Å². The van der Waals surface area contributed by atoms with E-state index in [4.69, 9.17) is 0 Å². The fourth-order valence-electron chi connectivity index (χ4n) is 3.58. The van der Waals surface area contributed by atoms with E-state index in [0.717, 1.165) is 22.4 Å². The topological polar surface area (TPSA) is 88.9 Å². The van der Waals surface area contributed by atoms with E-state index in [9.17, 15) is 9.59 Å². The molecule has 0 unspecified atom stereocenters. The average Bonchev–Trinajstić information content (AvgIpc) is 3.21. The van der Waals surface area contributed by atoms with E-state index in [1.54, 1.807) is 6.08 Å². The number of carbonyl (C=O) groups excluding carboxylic acids is 2. The van der Waals surface area contributed by atoms with E-state index in [0.29, 0.717) is 23.1 Å². The lowest BCUT2D eigenvalue weighted by atomic mass is 10.0. The number of nitrogens with zero attached hydrogens (tertiary/aromatic N) is 3. The van der Waals surface area contributed by atoms with Gasteiger partial charge >= 0.3 is 0 Å². The van der Waals surface area contributed by atoms with Crippen molar-refractivity contribution in [2.75, 3.05) is 11.1 Å². The summed E-state index contributed by atoms with van der Waals surface area (Å²) in [5, 5.41) is 15.4. The molecule has 2 N–H and O–H groups in total. The first-order valence-corrected chi connectivity index (χ1v) is 12.6. The first kappa shape index (κ1) is 26.2. The molecule has 2 amide bonds. The number of thioether (sulfide) groups is 1. The van der Waals surface area contributed by atoms with Crippen molar-refractivity contribution in [2.45, 2.75) is 52.4 Å². The highest BCUT2D eigenvalue weighted by Gasteiger charge is 2.26. The van der Waals surface area contributed by atoms with Crippen LogP contribution in [0.3, 0.4) is 0 Å². The van der Waals surface area contributed by atoms with Gasteiger partial charge in [-0.3, -0.25) is 9.59 Å². The fraction of sp³-hybridized carbons (Fsp3) is 0.333. The summed E-state index contributed by atoms with van der Waals surface area (Å²) in [5.41, 5.74) is 4.59. The average molecular weight is 492 g/mol. The number of nitrogens with one attached hydrogen (secondary N) is 2. The van der Waals surface area contributed by atoms with Crippen molar-refractivity contribution < 1.29 is 9.59 Å². The Bertz CT molecular complexity index is 1200. The molecule has 8 heteroatoms. The van der Waals surface area contributed by atoms with Crippen LogP contribution in [0.1, 0.15) is 52.8 Å². The van der Waals surface area contributed by atoms with Crippen LogP contribution in [-0.2, 0) is 11.3 Å². The summed E-state index contributed by atoms with van der Waals surface area (Å²) < 4.78 is 1.91. The van der Waals surface area contributed by atoms with E-state index < -0.39 is 0 Å². The molecule has 0 aliphatic rings. The van der Waals surface area contributed by atoms with Gasteiger partial charge in [0.2, 0.25) is 5.91 Å². The second-order valence-corrected chi connectivity index (χ2v) is 9.90. The molecule has 0 radical (unpaired) electrons. The van der Waals surface area contributed by atoms with Crippen LogP contribution < -0.4 is 10.6 Å². The number of aryl methyl sites for hydroxylation is 3. The highest BCUT2D eigenvalue weighted by atomic mass is 32.2. The second-order valence-electron chi connectivity index (χ2n) is 8.96. The minimum absolute atomic E-state index is 0.0719. The maximum Gasteiger partial charge on any atom is 0.251 e. The van der Waals surface area contributed by atoms with Gasteiger partial charge in [0.05, 0.1) is 11.8 Å². The third kappa shape index (κ3) is 6.82. The Balaban J connectivity index is 1.75. The summed E-state index contributed by atoms with van der Waals surface area (Å²) in [6.45, 7) is 14.3. The molecule has 2 aromatic carbocycles. The minimum atomic E-state index is -0.352. The van der Waals surface area contributed by atoms with Crippen molar-refractivity contribution in [3.63, 3.8) is 0 Å². The Hall–Kier alpha value is -3.39. The van der Waals surface area contributed by atoms with Crippen molar-refractivity contribution in [2.24, 2.45) is 5.92 Å². The first-order valence-electron chi connectivity index (χ1n) is 11.6. The summed E-state index contributed by atoms with van der Waals surface area (Å²) >= 11 is 1.31. The molecule has 0 saturated heterocycles. The smallest absolute Gasteiger partial charge is 0.251 e. The maximum absolute atomic E-state index is 12.9. The van der Waals surface area contributed by atoms with Gasteiger partial charge in [-0.25, -0.2) is 0 Å².